The van der Waals surface area contributed by atoms with E-state index in [9.17, 15) is 14.7 Å². The van der Waals surface area contributed by atoms with Crippen molar-refractivity contribution >= 4 is 35.8 Å². The van der Waals surface area contributed by atoms with Crippen molar-refractivity contribution in [2.24, 2.45) is 11.1 Å². The number of benzene rings is 1. The maximum Gasteiger partial charge on any atom is 0.225 e. The summed E-state index contributed by atoms with van der Waals surface area (Å²) in [5.41, 5.74) is 6.41. The average Bonchev–Trinajstić information content (AvgIpc) is 2.92. The predicted octanol–water partition coefficient (Wildman–Crippen LogP) is 1.81. The van der Waals surface area contributed by atoms with Crippen molar-refractivity contribution in [2.45, 2.75) is 38.3 Å². The van der Waals surface area contributed by atoms with E-state index in [-0.39, 0.29) is 42.6 Å². The molecule has 150 valence electrons. The molecule has 0 bridgehead atoms. The Labute approximate surface area is 171 Å². The summed E-state index contributed by atoms with van der Waals surface area (Å²) < 4.78 is 0. The Balaban J connectivity index is 0.00000261. The largest absolute Gasteiger partial charge is 0.391 e. The minimum absolute atomic E-state index is 0. The van der Waals surface area contributed by atoms with Crippen molar-refractivity contribution in [1.82, 2.24) is 9.80 Å². The summed E-state index contributed by atoms with van der Waals surface area (Å²) in [4.78, 5) is 28.4. The first-order chi connectivity index (χ1) is 12.4. The molecule has 1 aromatic carbocycles. The molecular weight excluding hydrogens is 389 g/mol. The Hall–Kier alpha value is -1.34. The summed E-state index contributed by atoms with van der Waals surface area (Å²) in [6, 6.07) is 7.58. The van der Waals surface area contributed by atoms with Crippen LogP contribution in [-0.4, -0.2) is 59.0 Å². The van der Waals surface area contributed by atoms with Crippen molar-refractivity contribution in [2.75, 3.05) is 26.2 Å². The molecule has 3 rings (SSSR count). The molecule has 27 heavy (non-hydrogen) atoms. The van der Waals surface area contributed by atoms with Crippen LogP contribution in [-0.2, 0) is 16.1 Å². The van der Waals surface area contributed by atoms with Crippen molar-refractivity contribution in [3.8, 4) is 0 Å². The van der Waals surface area contributed by atoms with Crippen LogP contribution in [0.5, 0.6) is 0 Å². The molecule has 1 spiro atoms. The second-order valence-electron chi connectivity index (χ2n) is 7.53. The summed E-state index contributed by atoms with van der Waals surface area (Å²) in [6.45, 7) is 2.71. The molecule has 1 atom stereocenters. The highest BCUT2D eigenvalue weighted by atomic mass is 35.5. The predicted molar refractivity (Wildman–Crippen MR) is 107 cm³/mol. The van der Waals surface area contributed by atoms with Gasteiger partial charge in [0, 0.05) is 49.6 Å². The molecular formula is C19H27Cl2N3O3. The Morgan fingerprint density at radius 1 is 1.26 bits per heavy atom. The summed E-state index contributed by atoms with van der Waals surface area (Å²) in [7, 11) is 0. The molecule has 2 saturated heterocycles. The van der Waals surface area contributed by atoms with Gasteiger partial charge in [0.2, 0.25) is 11.8 Å². The Kier molecular flexibility index (Phi) is 7.51. The Bertz CT molecular complexity index is 661. The molecule has 0 radical (unpaired) electrons. The SMILES string of the molecule is Cl.NCC(O)CC(=O)N1CCC2(CC1)CC(=O)N(Cc1ccc(Cl)cc1)C2. The van der Waals surface area contributed by atoms with E-state index < -0.39 is 6.10 Å². The van der Waals surface area contributed by atoms with Crippen LogP contribution in [0.4, 0.5) is 0 Å². The fraction of sp³-hybridized carbons (Fsp3) is 0.579. The van der Waals surface area contributed by atoms with E-state index in [4.69, 9.17) is 17.3 Å². The maximum atomic E-state index is 12.5. The first-order valence-electron chi connectivity index (χ1n) is 9.09. The molecule has 1 unspecified atom stereocenters. The van der Waals surface area contributed by atoms with E-state index in [1.54, 1.807) is 4.90 Å². The van der Waals surface area contributed by atoms with Gasteiger partial charge in [0.05, 0.1) is 12.5 Å². The lowest BCUT2D eigenvalue weighted by atomic mass is 9.77. The molecule has 8 heteroatoms. The number of hydrogen-bond donors (Lipinski definition) is 2. The van der Waals surface area contributed by atoms with Gasteiger partial charge in [-0.3, -0.25) is 9.59 Å². The number of aliphatic hydroxyl groups excluding tert-OH is 1. The number of halogens is 2. The van der Waals surface area contributed by atoms with Crippen LogP contribution in [0.2, 0.25) is 5.02 Å². The van der Waals surface area contributed by atoms with Crippen LogP contribution in [0.3, 0.4) is 0 Å². The maximum absolute atomic E-state index is 12.5. The van der Waals surface area contributed by atoms with Gasteiger partial charge >= 0.3 is 0 Å². The molecule has 2 heterocycles. The molecule has 0 saturated carbocycles. The number of likely N-dealkylation sites (tertiary alicyclic amines) is 2. The fourth-order valence-corrected chi connectivity index (χ4v) is 4.04. The summed E-state index contributed by atoms with van der Waals surface area (Å²) in [6.07, 6.45) is 1.49. The number of piperidine rings is 1. The van der Waals surface area contributed by atoms with Crippen LogP contribution in [0.15, 0.2) is 24.3 Å². The number of aliphatic hydroxyl groups is 1. The topological polar surface area (TPSA) is 86.9 Å². The lowest BCUT2D eigenvalue weighted by molar-refractivity contribution is -0.135. The van der Waals surface area contributed by atoms with E-state index in [0.717, 1.165) is 24.9 Å². The van der Waals surface area contributed by atoms with Crippen molar-refractivity contribution in [3.63, 3.8) is 0 Å². The van der Waals surface area contributed by atoms with E-state index in [1.165, 1.54) is 0 Å². The van der Waals surface area contributed by atoms with Gasteiger partial charge in [0.1, 0.15) is 0 Å². The van der Waals surface area contributed by atoms with Gasteiger partial charge in [-0.2, -0.15) is 0 Å². The molecule has 3 N–H and O–H groups in total. The monoisotopic (exact) mass is 415 g/mol. The average molecular weight is 416 g/mol. The number of rotatable bonds is 5. The molecule has 2 fully saturated rings. The van der Waals surface area contributed by atoms with Crippen molar-refractivity contribution < 1.29 is 14.7 Å². The third kappa shape index (κ3) is 5.35. The number of hydrogen-bond acceptors (Lipinski definition) is 4. The Morgan fingerprint density at radius 2 is 1.89 bits per heavy atom. The minimum Gasteiger partial charge on any atom is -0.391 e. The lowest BCUT2D eigenvalue weighted by Gasteiger charge is -2.39. The third-order valence-corrected chi connectivity index (χ3v) is 5.80. The molecule has 2 amide bonds. The normalized spacial score (nSPS) is 19.9. The zero-order chi connectivity index (χ0) is 18.7. The quantitative estimate of drug-likeness (QED) is 0.767. The number of nitrogens with two attached hydrogens (primary N) is 1. The van der Waals surface area contributed by atoms with E-state index in [1.807, 2.05) is 29.2 Å². The lowest BCUT2D eigenvalue weighted by Crippen LogP contribution is -2.45. The molecule has 2 aliphatic rings. The van der Waals surface area contributed by atoms with E-state index in [0.29, 0.717) is 31.1 Å². The van der Waals surface area contributed by atoms with Gasteiger partial charge in [0.15, 0.2) is 0 Å². The van der Waals surface area contributed by atoms with Gasteiger partial charge < -0.3 is 20.6 Å². The number of carbonyl (C=O) groups excluding carboxylic acids is 2. The zero-order valence-corrected chi connectivity index (χ0v) is 16.8. The Morgan fingerprint density at radius 3 is 2.48 bits per heavy atom. The van der Waals surface area contributed by atoms with Crippen LogP contribution < -0.4 is 5.73 Å². The second-order valence-corrected chi connectivity index (χ2v) is 7.96. The molecule has 2 aliphatic heterocycles. The summed E-state index contributed by atoms with van der Waals surface area (Å²) >= 11 is 5.92. The molecule has 0 aliphatic carbocycles. The number of amides is 2. The van der Waals surface area contributed by atoms with Crippen LogP contribution in [0, 0.1) is 5.41 Å². The molecule has 0 aromatic heterocycles. The minimum atomic E-state index is -0.777. The second kappa shape index (κ2) is 9.24. The van der Waals surface area contributed by atoms with E-state index in [2.05, 4.69) is 0 Å². The fourth-order valence-electron chi connectivity index (χ4n) is 3.92. The highest BCUT2D eigenvalue weighted by molar-refractivity contribution is 6.30. The third-order valence-electron chi connectivity index (χ3n) is 5.55. The van der Waals surface area contributed by atoms with Crippen molar-refractivity contribution in [3.05, 3.63) is 34.9 Å². The van der Waals surface area contributed by atoms with Crippen molar-refractivity contribution in [1.29, 1.82) is 0 Å². The van der Waals surface area contributed by atoms with Gasteiger partial charge in [-0.25, -0.2) is 0 Å². The first-order valence-corrected chi connectivity index (χ1v) is 9.47. The van der Waals surface area contributed by atoms with Gasteiger partial charge in [-0.1, -0.05) is 23.7 Å². The first kappa shape index (κ1) is 22.0. The number of nitrogens with zero attached hydrogens (tertiary/aromatic N) is 2. The standard InChI is InChI=1S/C19H26ClN3O3.ClH/c20-15-3-1-14(2-4-15)12-23-13-19(10-18(23)26)5-7-22(8-6-19)17(25)9-16(24)11-21;/h1-4,16,24H,5-13,21H2;1H. The summed E-state index contributed by atoms with van der Waals surface area (Å²) in [5.74, 6) is 0.124. The van der Waals surface area contributed by atoms with Crippen LogP contribution >= 0.6 is 24.0 Å². The van der Waals surface area contributed by atoms with Gasteiger partial charge in [0.25, 0.3) is 0 Å². The highest BCUT2D eigenvalue weighted by Crippen LogP contribution is 2.41. The van der Waals surface area contributed by atoms with E-state index >= 15 is 0 Å². The molecule has 6 nitrogen and oxygen atoms in total. The van der Waals surface area contributed by atoms with Gasteiger partial charge in [-0.15, -0.1) is 12.4 Å². The number of carbonyl (C=O) groups is 2. The smallest absolute Gasteiger partial charge is 0.225 e. The molecule has 1 aromatic rings. The van der Waals surface area contributed by atoms with Crippen LogP contribution in [0.1, 0.15) is 31.2 Å². The van der Waals surface area contributed by atoms with Crippen LogP contribution in [0.25, 0.3) is 0 Å². The van der Waals surface area contributed by atoms with Gasteiger partial charge in [-0.05, 0) is 30.5 Å². The summed E-state index contributed by atoms with van der Waals surface area (Å²) in [5, 5.41) is 10.2. The zero-order valence-electron chi connectivity index (χ0n) is 15.3. The highest BCUT2D eigenvalue weighted by Gasteiger charge is 2.45.